The van der Waals surface area contributed by atoms with E-state index in [1.54, 1.807) is 31.4 Å². The van der Waals surface area contributed by atoms with Gasteiger partial charge in [0.2, 0.25) is 0 Å². The molecule has 0 aliphatic heterocycles. The lowest BCUT2D eigenvalue weighted by atomic mass is 10.1. The number of anilines is 1. The predicted octanol–water partition coefficient (Wildman–Crippen LogP) is 3.93. The van der Waals surface area contributed by atoms with Crippen LogP contribution >= 0.6 is 11.3 Å². The molecule has 0 bridgehead atoms. The van der Waals surface area contributed by atoms with Gasteiger partial charge < -0.3 is 14.3 Å². The molecular formula is C17H14N2O5S. The van der Waals surface area contributed by atoms with E-state index in [1.807, 2.05) is 12.1 Å². The average molecular weight is 358 g/mol. The van der Waals surface area contributed by atoms with Crippen molar-refractivity contribution in [1.29, 1.82) is 0 Å². The van der Waals surface area contributed by atoms with Gasteiger partial charge >= 0.3 is 6.09 Å². The first-order chi connectivity index (χ1) is 12.1. The molecule has 1 aromatic carbocycles. The van der Waals surface area contributed by atoms with Crippen LogP contribution in [-0.2, 0) is 6.42 Å². The number of thiazole rings is 1. The first-order valence-corrected chi connectivity index (χ1v) is 8.10. The number of rotatable bonds is 6. The molecule has 128 valence electrons. The summed E-state index contributed by atoms with van der Waals surface area (Å²) < 4.78 is 10.6. The minimum Gasteiger partial charge on any atom is -0.496 e. The molecule has 25 heavy (non-hydrogen) atoms. The lowest BCUT2D eigenvalue weighted by Gasteiger charge is -2.07. The van der Waals surface area contributed by atoms with Gasteiger partial charge in [-0.05, 0) is 18.2 Å². The molecule has 3 aromatic rings. The van der Waals surface area contributed by atoms with Gasteiger partial charge in [0.1, 0.15) is 16.3 Å². The molecule has 2 aromatic heterocycles. The maximum absolute atomic E-state index is 12.8. The van der Waals surface area contributed by atoms with E-state index in [4.69, 9.17) is 14.3 Å². The summed E-state index contributed by atoms with van der Waals surface area (Å²) in [6, 6.07) is 10.6. The number of carbonyl (C=O) groups excluding carboxylic acids is 1. The topological polar surface area (TPSA) is 102 Å². The number of carbonyl (C=O) groups is 2. The molecule has 0 radical (unpaired) electrons. The molecule has 0 aliphatic carbocycles. The first kappa shape index (κ1) is 16.7. The van der Waals surface area contributed by atoms with Gasteiger partial charge in [0, 0.05) is 12.0 Å². The van der Waals surface area contributed by atoms with Crippen molar-refractivity contribution in [2.24, 2.45) is 0 Å². The maximum atomic E-state index is 12.8. The van der Waals surface area contributed by atoms with Gasteiger partial charge in [-0.2, -0.15) is 0 Å². The normalized spacial score (nSPS) is 10.4. The van der Waals surface area contributed by atoms with E-state index in [-0.39, 0.29) is 17.3 Å². The first-order valence-electron chi connectivity index (χ1n) is 7.28. The zero-order valence-corrected chi connectivity index (χ0v) is 14.0. The van der Waals surface area contributed by atoms with Crippen molar-refractivity contribution >= 4 is 28.3 Å². The van der Waals surface area contributed by atoms with Crippen LogP contribution in [0.3, 0.4) is 0 Å². The van der Waals surface area contributed by atoms with Gasteiger partial charge in [-0.3, -0.25) is 10.1 Å². The highest BCUT2D eigenvalue weighted by atomic mass is 32.1. The van der Waals surface area contributed by atoms with Crippen molar-refractivity contribution in [3.63, 3.8) is 0 Å². The number of benzene rings is 1. The number of nitrogens with zero attached hydrogens (tertiary/aromatic N) is 1. The van der Waals surface area contributed by atoms with Crippen LogP contribution in [0.15, 0.2) is 47.1 Å². The van der Waals surface area contributed by atoms with Gasteiger partial charge in [0.15, 0.2) is 16.7 Å². The fraction of sp³-hybridized carbons (Fsp3) is 0.118. The highest BCUT2D eigenvalue weighted by Gasteiger charge is 2.23. The Hall–Kier alpha value is -3.13. The summed E-state index contributed by atoms with van der Waals surface area (Å²) >= 11 is 0.973. The number of carboxylic acid groups (broad SMARTS) is 1. The molecule has 0 spiro atoms. The number of aromatic nitrogens is 1. The van der Waals surface area contributed by atoms with Crippen LogP contribution in [-0.4, -0.2) is 29.1 Å². The Balaban J connectivity index is 1.95. The summed E-state index contributed by atoms with van der Waals surface area (Å²) in [6.45, 7) is 0. The molecule has 7 nitrogen and oxygen atoms in total. The predicted molar refractivity (Wildman–Crippen MR) is 92.5 cm³/mol. The van der Waals surface area contributed by atoms with E-state index in [1.165, 1.54) is 6.26 Å². The summed E-state index contributed by atoms with van der Waals surface area (Å²) in [5.74, 6) is 0.814. The molecule has 1 amide bonds. The second-order valence-corrected chi connectivity index (χ2v) is 6.02. The van der Waals surface area contributed by atoms with Gasteiger partial charge in [0.25, 0.3) is 0 Å². The number of hydrogen-bond donors (Lipinski definition) is 2. The van der Waals surface area contributed by atoms with Gasteiger partial charge in [-0.15, -0.1) is 0 Å². The zero-order valence-electron chi connectivity index (χ0n) is 13.2. The number of amides is 1. The number of para-hydroxylation sites is 1. The largest absolute Gasteiger partial charge is 0.496 e. The molecule has 0 saturated heterocycles. The van der Waals surface area contributed by atoms with Crippen LogP contribution < -0.4 is 10.1 Å². The van der Waals surface area contributed by atoms with E-state index < -0.39 is 6.09 Å². The van der Waals surface area contributed by atoms with E-state index in [0.717, 1.165) is 16.9 Å². The van der Waals surface area contributed by atoms with Crippen LogP contribution in [0.4, 0.5) is 9.93 Å². The number of methoxy groups -OCH3 is 1. The lowest BCUT2D eigenvalue weighted by molar-refractivity contribution is 0.0996. The smallest absolute Gasteiger partial charge is 0.410 e. The second kappa shape index (κ2) is 7.18. The van der Waals surface area contributed by atoms with Crippen molar-refractivity contribution in [3.05, 3.63) is 53.1 Å². The Morgan fingerprint density at radius 1 is 1.28 bits per heavy atom. The van der Waals surface area contributed by atoms with Gasteiger partial charge in [0.05, 0.1) is 13.4 Å². The Morgan fingerprint density at radius 3 is 2.76 bits per heavy atom. The van der Waals surface area contributed by atoms with Crippen molar-refractivity contribution in [2.75, 3.05) is 12.4 Å². The lowest BCUT2D eigenvalue weighted by Crippen LogP contribution is -2.06. The van der Waals surface area contributed by atoms with Crippen molar-refractivity contribution in [2.45, 2.75) is 6.42 Å². The number of furan rings is 1. The summed E-state index contributed by atoms with van der Waals surface area (Å²) in [5.41, 5.74) is 1.06. The Kier molecular flexibility index (Phi) is 4.80. The van der Waals surface area contributed by atoms with Crippen molar-refractivity contribution in [3.8, 4) is 17.2 Å². The van der Waals surface area contributed by atoms with Crippen LogP contribution in [0.5, 0.6) is 5.75 Å². The molecule has 2 N–H and O–H groups in total. The van der Waals surface area contributed by atoms with E-state index in [9.17, 15) is 9.59 Å². The minimum atomic E-state index is -1.25. The molecule has 2 heterocycles. The fourth-order valence-electron chi connectivity index (χ4n) is 2.34. The van der Waals surface area contributed by atoms with Crippen LogP contribution in [0.1, 0.15) is 15.2 Å². The van der Waals surface area contributed by atoms with E-state index in [2.05, 4.69) is 10.3 Å². The van der Waals surface area contributed by atoms with Crippen molar-refractivity contribution < 1.29 is 23.8 Å². The minimum absolute atomic E-state index is 0.104. The van der Waals surface area contributed by atoms with Gasteiger partial charge in [-0.25, -0.2) is 9.78 Å². The third-order valence-corrected chi connectivity index (χ3v) is 4.40. The zero-order chi connectivity index (χ0) is 17.8. The Morgan fingerprint density at radius 2 is 2.08 bits per heavy atom. The van der Waals surface area contributed by atoms with Gasteiger partial charge in [-0.1, -0.05) is 29.5 Å². The maximum Gasteiger partial charge on any atom is 0.410 e. The number of ether oxygens (including phenoxy) is 1. The number of ketones is 1. The summed E-state index contributed by atoms with van der Waals surface area (Å²) in [5, 5.41) is 11.2. The average Bonchev–Trinajstić information content (AvgIpc) is 3.24. The molecule has 0 aliphatic rings. The summed E-state index contributed by atoms with van der Waals surface area (Å²) in [6.07, 6.45) is 0.323. The molecule has 3 rings (SSSR count). The molecule has 0 saturated carbocycles. The monoisotopic (exact) mass is 358 g/mol. The molecule has 0 unspecified atom stereocenters. The molecule has 0 atom stereocenters. The van der Waals surface area contributed by atoms with Crippen molar-refractivity contribution in [1.82, 2.24) is 4.98 Å². The fourth-order valence-corrected chi connectivity index (χ4v) is 3.23. The second-order valence-electron chi connectivity index (χ2n) is 5.02. The summed E-state index contributed by atoms with van der Waals surface area (Å²) in [7, 11) is 1.54. The van der Waals surface area contributed by atoms with E-state index >= 15 is 0 Å². The Bertz CT molecular complexity index is 902. The van der Waals surface area contributed by atoms with E-state index in [0.29, 0.717) is 22.1 Å². The standard InChI is InChI=1S/C17H14N2O5S/c1-23-12-6-3-2-5-10(12)9-11(20)15-14(13-7-4-8-24-13)18-16(25-15)19-17(21)22/h2-8H,9H2,1H3,(H,18,19)(H,21,22). The number of hydrogen-bond acceptors (Lipinski definition) is 6. The number of Topliss-reactive ketones (excluding diaryl/α,β-unsaturated/α-hetero) is 1. The highest BCUT2D eigenvalue weighted by Crippen LogP contribution is 2.33. The third-order valence-electron chi connectivity index (χ3n) is 3.39. The SMILES string of the molecule is COc1ccccc1CC(=O)c1sc(NC(=O)O)nc1-c1ccco1. The third kappa shape index (κ3) is 3.69. The van der Waals surface area contributed by atoms with Crippen LogP contribution in [0.2, 0.25) is 0 Å². The summed E-state index contributed by atoms with van der Waals surface area (Å²) in [4.78, 5) is 28.1. The molecule has 0 fully saturated rings. The number of nitrogens with one attached hydrogen (secondary N) is 1. The quantitative estimate of drug-likeness (QED) is 0.648. The highest BCUT2D eigenvalue weighted by molar-refractivity contribution is 7.18. The Labute approximate surface area is 146 Å². The van der Waals surface area contributed by atoms with Crippen LogP contribution in [0, 0.1) is 0 Å². The molecule has 8 heteroatoms. The molecular weight excluding hydrogens is 344 g/mol. The van der Waals surface area contributed by atoms with Crippen LogP contribution in [0.25, 0.3) is 11.5 Å².